The predicted octanol–water partition coefficient (Wildman–Crippen LogP) is 3.62. The standard InChI is InChI=1S/C22H26N2O5/c1-13-7-6-8-14(2)19(13)29-10-9-23-22(25)16-11-15-12-17(26-3)20(27-4)21(28-5)18(15)24-16/h6-8,11-12,24H,9-10H2,1-5H3,(H,23,25). The van der Waals surface area contributed by atoms with Gasteiger partial charge in [0.25, 0.3) is 5.91 Å². The molecule has 0 aliphatic heterocycles. The van der Waals surface area contributed by atoms with Gasteiger partial charge in [0.1, 0.15) is 18.1 Å². The fourth-order valence-electron chi connectivity index (χ4n) is 3.31. The second kappa shape index (κ2) is 8.77. The van der Waals surface area contributed by atoms with Gasteiger partial charge in [0.2, 0.25) is 5.75 Å². The molecule has 3 aromatic rings. The third kappa shape index (κ3) is 4.08. The number of rotatable bonds is 8. The van der Waals surface area contributed by atoms with Crippen LogP contribution in [0.4, 0.5) is 0 Å². The van der Waals surface area contributed by atoms with Crippen molar-refractivity contribution in [1.82, 2.24) is 10.3 Å². The van der Waals surface area contributed by atoms with E-state index in [-0.39, 0.29) is 5.91 Å². The van der Waals surface area contributed by atoms with E-state index >= 15 is 0 Å². The highest BCUT2D eigenvalue weighted by atomic mass is 16.5. The number of amides is 1. The summed E-state index contributed by atoms with van der Waals surface area (Å²) in [5, 5.41) is 3.65. The maximum Gasteiger partial charge on any atom is 0.267 e. The highest BCUT2D eigenvalue weighted by Crippen LogP contribution is 2.43. The van der Waals surface area contributed by atoms with Crippen molar-refractivity contribution in [3.8, 4) is 23.0 Å². The van der Waals surface area contributed by atoms with Gasteiger partial charge >= 0.3 is 0 Å². The lowest BCUT2D eigenvalue weighted by Crippen LogP contribution is -2.28. The molecule has 154 valence electrons. The Bertz CT molecular complexity index is 1010. The van der Waals surface area contributed by atoms with Gasteiger partial charge in [-0.15, -0.1) is 0 Å². The molecule has 0 saturated carbocycles. The van der Waals surface area contributed by atoms with Crippen molar-refractivity contribution in [1.29, 1.82) is 0 Å². The summed E-state index contributed by atoms with van der Waals surface area (Å²) in [4.78, 5) is 15.7. The van der Waals surface area contributed by atoms with Gasteiger partial charge in [-0.3, -0.25) is 4.79 Å². The lowest BCUT2D eigenvalue weighted by Gasteiger charge is -2.12. The Morgan fingerprint density at radius 3 is 2.28 bits per heavy atom. The van der Waals surface area contributed by atoms with Crippen molar-refractivity contribution in [2.45, 2.75) is 13.8 Å². The number of aromatic amines is 1. The SMILES string of the molecule is COc1cc2cc(C(=O)NCCOc3c(C)cccc3C)[nH]c2c(OC)c1OC. The van der Waals surface area contributed by atoms with E-state index in [2.05, 4.69) is 10.3 Å². The molecule has 0 unspecified atom stereocenters. The molecule has 0 atom stereocenters. The fourth-order valence-corrected chi connectivity index (χ4v) is 3.31. The molecule has 29 heavy (non-hydrogen) atoms. The van der Waals surface area contributed by atoms with Gasteiger partial charge in [-0.1, -0.05) is 18.2 Å². The van der Waals surface area contributed by atoms with Crippen LogP contribution in [0.25, 0.3) is 10.9 Å². The molecule has 0 saturated heterocycles. The normalized spacial score (nSPS) is 10.7. The average Bonchev–Trinajstić information content (AvgIpc) is 3.15. The fraction of sp³-hybridized carbons (Fsp3) is 0.318. The number of carbonyl (C=O) groups is 1. The number of carbonyl (C=O) groups excluding carboxylic acids is 1. The Balaban J connectivity index is 1.71. The first kappa shape index (κ1) is 20.4. The molecule has 2 aromatic carbocycles. The quantitative estimate of drug-likeness (QED) is 0.567. The van der Waals surface area contributed by atoms with Crippen LogP contribution in [-0.2, 0) is 0 Å². The molecule has 0 bridgehead atoms. The maximum absolute atomic E-state index is 12.6. The number of methoxy groups -OCH3 is 3. The first-order chi connectivity index (χ1) is 14.0. The number of fused-ring (bicyclic) bond motifs is 1. The molecule has 0 fully saturated rings. The summed E-state index contributed by atoms with van der Waals surface area (Å²) in [6.07, 6.45) is 0. The zero-order valence-corrected chi connectivity index (χ0v) is 17.3. The lowest BCUT2D eigenvalue weighted by atomic mass is 10.1. The molecule has 0 aliphatic rings. The van der Waals surface area contributed by atoms with Crippen molar-refractivity contribution in [2.24, 2.45) is 0 Å². The summed E-state index contributed by atoms with van der Waals surface area (Å²) >= 11 is 0. The second-order valence-electron chi connectivity index (χ2n) is 6.62. The van der Waals surface area contributed by atoms with Crippen molar-refractivity contribution in [2.75, 3.05) is 34.5 Å². The third-order valence-electron chi connectivity index (χ3n) is 4.71. The number of aromatic nitrogens is 1. The molecule has 7 nitrogen and oxygen atoms in total. The summed E-state index contributed by atoms with van der Waals surface area (Å²) in [5.41, 5.74) is 3.23. The second-order valence-corrected chi connectivity index (χ2v) is 6.62. The van der Waals surface area contributed by atoms with E-state index in [1.807, 2.05) is 32.0 Å². The smallest absolute Gasteiger partial charge is 0.267 e. The molecule has 2 N–H and O–H groups in total. The Hall–Kier alpha value is -3.35. The molecule has 3 rings (SSSR count). The number of para-hydroxylation sites is 1. The molecular formula is C22H26N2O5. The van der Waals surface area contributed by atoms with Crippen LogP contribution >= 0.6 is 0 Å². The van der Waals surface area contributed by atoms with E-state index in [0.29, 0.717) is 41.6 Å². The van der Waals surface area contributed by atoms with Gasteiger partial charge in [0.05, 0.1) is 33.4 Å². The van der Waals surface area contributed by atoms with E-state index in [9.17, 15) is 4.79 Å². The van der Waals surface area contributed by atoms with Gasteiger partial charge < -0.3 is 29.2 Å². The predicted molar refractivity (Wildman–Crippen MR) is 112 cm³/mol. The van der Waals surface area contributed by atoms with Crippen LogP contribution in [0, 0.1) is 13.8 Å². The summed E-state index contributed by atoms with van der Waals surface area (Å²) < 4.78 is 22.0. The lowest BCUT2D eigenvalue weighted by molar-refractivity contribution is 0.0943. The number of benzene rings is 2. The minimum atomic E-state index is -0.230. The van der Waals surface area contributed by atoms with Crippen molar-refractivity contribution in [3.63, 3.8) is 0 Å². The molecule has 0 aliphatic carbocycles. The first-order valence-electron chi connectivity index (χ1n) is 9.29. The van der Waals surface area contributed by atoms with Crippen LogP contribution in [0.2, 0.25) is 0 Å². The number of hydrogen-bond acceptors (Lipinski definition) is 5. The van der Waals surface area contributed by atoms with Gasteiger partial charge in [-0.25, -0.2) is 0 Å². The van der Waals surface area contributed by atoms with Gasteiger partial charge in [-0.2, -0.15) is 0 Å². The minimum absolute atomic E-state index is 0.230. The minimum Gasteiger partial charge on any atom is -0.493 e. The van der Waals surface area contributed by atoms with Crippen LogP contribution in [0.5, 0.6) is 23.0 Å². The summed E-state index contributed by atoms with van der Waals surface area (Å²) in [6, 6.07) is 9.55. The van der Waals surface area contributed by atoms with E-state index < -0.39 is 0 Å². The topological polar surface area (TPSA) is 81.8 Å². The van der Waals surface area contributed by atoms with Crippen LogP contribution < -0.4 is 24.3 Å². The first-order valence-corrected chi connectivity index (χ1v) is 9.29. The van der Waals surface area contributed by atoms with E-state index in [0.717, 1.165) is 22.3 Å². The van der Waals surface area contributed by atoms with E-state index in [1.165, 1.54) is 0 Å². The highest BCUT2D eigenvalue weighted by Gasteiger charge is 2.19. The largest absolute Gasteiger partial charge is 0.493 e. The molecule has 1 heterocycles. The number of hydrogen-bond donors (Lipinski definition) is 2. The molecule has 7 heteroatoms. The number of ether oxygens (including phenoxy) is 4. The molecule has 1 amide bonds. The summed E-state index contributed by atoms with van der Waals surface area (Å²) in [6.45, 7) is 4.76. The van der Waals surface area contributed by atoms with Crippen molar-refractivity contribution >= 4 is 16.8 Å². The number of H-pyrrole nitrogens is 1. The summed E-state index contributed by atoms with van der Waals surface area (Å²) in [7, 11) is 4.64. The van der Waals surface area contributed by atoms with Gasteiger partial charge in [0, 0.05) is 5.39 Å². The van der Waals surface area contributed by atoms with E-state index in [4.69, 9.17) is 18.9 Å². The van der Waals surface area contributed by atoms with Crippen LogP contribution in [-0.4, -0.2) is 45.4 Å². The van der Waals surface area contributed by atoms with Gasteiger partial charge in [0.15, 0.2) is 11.5 Å². The number of nitrogens with one attached hydrogen (secondary N) is 2. The number of aryl methyl sites for hydroxylation is 2. The van der Waals surface area contributed by atoms with Crippen LogP contribution in [0.3, 0.4) is 0 Å². The van der Waals surface area contributed by atoms with Crippen molar-refractivity contribution < 1.29 is 23.7 Å². The molecule has 1 aromatic heterocycles. The summed E-state index contributed by atoms with van der Waals surface area (Å²) in [5.74, 6) is 2.12. The Morgan fingerprint density at radius 1 is 0.966 bits per heavy atom. The molecule has 0 spiro atoms. The Kier molecular flexibility index (Phi) is 6.16. The Morgan fingerprint density at radius 2 is 1.66 bits per heavy atom. The average molecular weight is 398 g/mol. The third-order valence-corrected chi connectivity index (χ3v) is 4.71. The molecular weight excluding hydrogens is 372 g/mol. The monoisotopic (exact) mass is 398 g/mol. The maximum atomic E-state index is 12.6. The van der Waals surface area contributed by atoms with Gasteiger partial charge in [-0.05, 0) is 37.1 Å². The van der Waals surface area contributed by atoms with Crippen molar-refractivity contribution in [3.05, 3.63) is 47.2 Å². The van der Waals surface area contributed by atoms with E-state index in [1.54, 1.807) is 33.5 Å². The van der Waals surface area contributed by atoms with Crippen LogP contribution in [0.1, 0.15) is 21.6 Å². The van der Waals surface area contributed by atoms with Crippen LogP contribution in [0.15, 0.2) is 30.3 Å². The highest BCUT2D eigenvalue weighted by molar-refractivity contribution is 6.00. The molecule has 0 radical (unpaired) electrons. The zero-order valence-electron chi connectivity index (χ0n) is 17.3. The zero-order chi connectivity index (χ0) is 21.0. The Labute approximate surface area is 169 Å².